The number of rotatable bonds is 8. The van der Waals surface area contributed by atoms with Crippen LogP contribution in [-0.2, 0) is 22.6 Å². The Bertz CT molecular complexity index is 843. The minimum absolute atomic E-state index is 0.0597. The van der Waals surface area contributed by atoms with Gasteiger partial charge in [0.05, 0.1) is 13.5 Å². The molecule has 1 aliphatic rings. The number of carbonyl (C=O) groups excluding carboxylic acids is 2. The fourth-order valence-electron chi connectivity index (χ4n) is 3.72. The van der Waals surface area contributed by atoms with Gasteiger partial charge in [-0.3, -0.25) is 14.5 Å². The van der Waals surface area contributed by atoms with Gasteiger partial charge in [-0.15, -0.1) is 0 Å². The summed E-state index contributed by atoms with van der Waals surface area (Å²) >= 11 is 0. The molecule has 2 amide bonds. The van der Waals surface area contributed by atoms with E-state index in [4.69, 9.17) is 10.5 Å². The highest BCUT2D eigenvalue weighted by atomic mass is 16.5. The fourth-order valence-corrected chi connectivity index (χ4v) is 3.72. The molecular formula is C23H30N4O3. The molecule has 0 radical (unpaired) electrons. The molecule has 0 aromatic heterocycles. The Kier molecular flexibility index (Phi) is 7.82. The first-order valence-corrected chi connectivity index (χ1v) is 10.3. The van der Waals surface area contributed by atoms with Gasteiger partial charge in [0, 0.05) is 39.3 Å². The highest BCUT2D eigenvalue weighted by molar-refractivity contribution is 5.89. The van der Waals surface area contributed by atoms with Crippen molar-refractivity contribution in [3.63, 3.8) is 0 Å². The van der Waals surface area contributed by atoms with Crippen LogP contribution >= 0.6 is 0 Å². The fraction of sp³-hybridized carbons (Fsp3) is 0.391. The van der Waals surface area contributed by atoms with Crippen molar-refractivity contribution in [1.29, 1.82) is 0 Å². The van der Waals surface area contributed by atoms with E-state index in [-0.39, 0.29) is 18.2 Å². The predicted molar refractivity (Wildman–Crippen MR) is 116 cm³/mol. The van der Waals surface area contributed by atoms with E-state index in [9.17, 15) is 9.59 Å². The molecule has 160 valence electrons. The van der Waals surface area contributed by atoms with Crippen molar-refractivity contribution in [1.82, 2.24) is 15.1 Å². The van der Waals surface area contributed by atoms with Gasteiger partial charge >= 0.3 is 0 Å². The van der Waals surface area contributed by atoms with Crippen molar-refractivity contribution < 1.29 is 14.3 Å². The molecule has 1 heterocycles. The summed E-state index contributed by atoms with van der Waals surface area (Å²) in [6.45, 7) is 3.24. The highest BCUT2D eigenvalue weighted by Gasteiger charge is 2.35. The zero-order chi connectivity index (χ0) is 21.3. The lowest BCUT2D eigenvalue weighted by atomic mass is 10.1. The van der Waals surface area contributed by atoms with Crippen LogP contribution in [0.5, 0.6) is 5.75 Å². The maximum absolute atomic E-state index is 13.1. The molecule has 0 spiro atoms. The number of hydrogen-bond acceptors (Lipinski definition) is 5. The first-order valence-electron chi connectivity index (χ1n) is 10.3. The Morgan fingerprint density at radius 3 is 2.60 bits per heavy atom. The second kappa shape index (κ2) is 10.8. The Hall–Kier alpha value is -2.90. The number of amides is 2. The number of nitrogens with zero attached hydrogens (tertiary/aromatic N) is 2. The first kappa shape index (κ1) is 21.8. The molecule has 1 atom stereocenters. The lowest BCUT2D eigenvalue weighted by molar-refractivity contribution is -0.143. The minimum atomic E-state index is -0.535. The molecule has 0 saturated carbocycles. The predicted octanol–water partition coefficient (Wildman–Crippen LogP) is 1.03. The topological polar surface area (TPSA) is 87.9 Å². The van der Waals surface area contributed by atoms with E-state index in [0.717, 1.165) is 18.7 Å². The standard InChI is InChI=1S/C23H30N4O3/c1-30-20-9-5-8-19(14-20)15-22(28)27-13-12-26(16-18-6-3-2-4-7-18)17-21(27)23(29)25-11-10-24/h2-9,14,21H,10-13,15-17,24H2,1H3,(H,25,29). The van der Waals surface area contributed by atoms with E-state index in [1.807, 2.05) is 42.5 Å². The molecule has 3 N–H and O–H groups in total. The number of piperazine rings is 1. The van der Waals surface area contributed by atoms with Crippen LogP contribution in [0.2, 0.25) is 0 Å². The second-order valence-corrected chi connectivity index (χ2v) is 7.43. The minimum Gasteiger partial charge on any atom is -0.497 e. The summed E-state index contributed by atoms with van der Waals surface area (Å²) in [5.74, 6) is 0.498. The Morgan fingerprint density at radius 2 is 1.87 bits per heavy atom. The number of methoxy groups -OCH3 is 1. The van der Waals surface area contributed by atoms with E-state index in [1.165, 1.54) is 5.56 Å². The molecule has 3 rings (SSSR count). The monoisotopic (exact) mass is 410 g/mol. The number of nitrogens with two attached hydrogens (primary N) is 1. The van der Waals surface area contributed by atoms with Crippen molar-refractivity contribution in [3.8, 4) is 5.75 Å². The number of nitrogens with one attached hydrogen (secondary N) is 1. The van der Waals surface area contributed by atoms with Gasteiger partial charge in [-0.1, -0.05) is 42.5 Å². The summed E-state index contributed by atoms with van der Waals surface area (Å²) in [6.07, 6.45) is 0.233. The summed E-state index contributed by atoms with van der Waals surface area (Å²) in [6, 6.07) is 17.1. The van der Waals surface area contributed by atoms with E-state index < -0.39 is 6.04 Å². The van der Waals surface area contributed by atoms with Crippen molar-refractivity contribution in [2.45, 2.75) is 19.0 Å². The third kappa shape index (κ3) is 5.81. The maximum Gasteiger partial charge on any atom is 0.244 e. The summed E-state index contributed by atoms with van der Waals surface area (Å²) in [7, 11) is 1.60. The summed E-state index contributed by atoms with van der Waals surface area (Å²) < 4.78 is 5.25. The van der Waals surface area contributed by atoms with Crippen LogP contribution in [0, 0.1) is 0 Å². The molecule has 7 nitrogen and oxygen atoms in total. The number of ether oxygens (including phenoxy) is 1. The van der Waals surface area contributed by atoms with Crippen LogP contribution in [0.1, 0.15) is 11.1 Å². The van der Waals surface area contributed by atoms with Crippen LogP contribution in [0.4, 0.5) is 0 Å². The number of hydrogen-bond donors (Lipinski definition) is 2. The largest absolute Gasteiger partial charge is 0.497 e. The van der Waals surface area contributed by atoms with Crippen LogP contribution in [0.15, 0.2) is 54.6 Å². The summed E-state index contributed by atoms with van der Waals surface area (Å²) in [5, 5.41) is 2.85. The van der Waals surface area contributed by atoms with Crippen molar-refractivity contribution in [3.05, 3.63) is 65.7 Å². The molecular weight excluding hydrogens is 380 g/mol. The number of benzene rings is 2. The van der Waals surface area contributed by atoms with Crippen LogP contribution in [-0.4, -0.2) is 67.5 Å². The van der Waals surface area contributed by atoms with Gasteiger partial charge in [0.15, 0.2) is 0 Å². The SMILES string of the molecule is COc1cccc(CC(=O)N2CCN(Cc3ccccc3)CC2C(=O)NCCN)c1. The van der Waals surface area contributed by atoms with E-state index in [2.05, 4.69) is 22.3 Å². The molecule has 1 fully saturated rings. The number of carbonyl (C=O) groups is 2. The van der Waals surface area contributed by atoms with Gasteiger partial charge in [0.1, 0.15) is 11.8 Å². The molecule has 1 saturated heterocycles. The summed E-state index contributed by atoms with van der Waals surface area (Å²) in [4.78, 5) is 29.8. The van der Waals surface area contributed by atoms with Crippen molar-refractivity contribution in [2.75, 3.05) is 39.8 Å². The zero-order valence-corrected chi connectivity index (χ0v) is 17.4. The van der Waals surface area contributed by atoms with Gasteiger partial charge in [-0.25, -0.2) is 0 Å². The lowest BCUT2D eigenvalue weighted by Gasteiger charge is -2.40. The third-order valence-electron chi connectivity index (χ3n) is 5.27. The average Bonchev–Trinajstić information content (AvgIpc) is 2.78. The highest BCUT2D eigenvalue weighted by Crippen LogP contribution is 2.18. The lowest BCUT2D eigenvalue weighted by Crippen LogP contribution is -2.60. The van der Waals surface area contributed by atoms with Gasteiger partial charge in [-0.2, -0.15) is 0 Å². The van der Waals surface area contributed by atoms with Gasteiger partial charge < -0.3 is 20.7 Å². The van der Waals surface area contributed by atoms with Crippen LogP contribution in [0.3, 0.4) is 0 Å². The molecule has 1 aliphatic heterocycles. The normalized spacial score (nSPS) is 16.9. The summed E-state index contributed by atoms with van der Waals surface area (Å²) in [5.41, 5.74) is 7.60. The van der Waals surface area contributed by atoms with Crippen molar-refractivity contribution in [2.24, 2.45) is 5.73 Å². The van der Waals surface area contributed by atoms with E-state index in [0.29, 0.717) is 31.9 Å². The molecule has 1 unspecified atom stereocenters. The van der Waals surface area contributed by atoms with E-state index in [1.54, 1.807) is 12.0 Å². The molecule has 30 heavy (non-hydrogen) atoms. The Labute approximate surface area is 177 Å². The Morgan fingerprint density at radius 1 is 1.10 bits per heavy atom. The molecule has 0 aliphatic carbocycles. The van der Waals surface area contributed by atoms with Gasteiger partial charge in [0.2, 0.25) is 11.8 Å². The van der Waals surface area contributed by atoms with Crippen molar-refractivity contribution >= 4 is 11.8 Å². The quantitative estimate of drug-likeness (QED) is 0.679. The zero-order valence-electron chi connectivity index (χ0n) is 17.4. The molecule has 0 bridgehead atoms. The van der Waals surface area contributed by atoms with Crippen LogP contribution in [0.25, 0.3) is 0 Å². The molecule has 2 aromatic rings. The Balaban J connectivity index is 1.71. The van der Waals surface area contributed by atoms with Gasteiger partial charge in [0.25, 0.3) is 0 Å². The maximum atomic E-state index is 13.1. The molecule has 7 heteroatoms. The second-order valence-electron chi connectivity index (χ2n) is 7.43. The smallest absolute Gasteiger partial charge is 0.244 e. The third-order valence-corrected chi connectivity index (χ3v) is 5.27. The molecule has 2 aromatic carbocycles. The van der Waals surface area contributed by atoms with Crippen LogP contribution < -0.4 is 15.8 Å². The van der Waals surface area contributed by atoms with E-state index >= 15 is 0 Å². The average molecular weight is 411 g/mol. The first-order chi connectivity index (χ1) is 14.6. The van der Waals surface area contributed by atoms with Gasteiger partial charge in [-0.05, 0) is 23.3 Å².